The summed E-state index contributed by atoms with van der Waals surface area (Å²) in [6.07, 6.45) is 0.830. The lowest BCUT2D eigenvalue weighted by atomic mass is 9.95. The number of ether oxygens (including phenoxy) is 2. The van der Waals surface area contributed by atoms with Crippen LogP contribution in [0.1, 0.15) is 44.4 Å². The highest BCUT2D eigenvalue weighted by Crippen LogP contribution is 2.41. The van der Waals surface area contributed by atoms with Gasteiger partial charge >= 0.3 is 0 Å². The molecule has 1 unspecified atom stereocenters. The number of carbonyl (C=O) groups excluding carboxylic acids is 2. The fraction of sp³-hybridized carbons (Fsp3) is 0.407. The number of methoxy groups -OCH3 is 1. The van der Waals surface area contributed by atoms with Crippen molar-refractivity contribution in [2.45, 2.75) is 33.2 Å². The van der Waals surface area contributed by atoms with Crippen LogP contribution in [0.15, 0.2) is 48.0 Å². The van der Waals surface area contributed by atoms with Gasteiger partial charge in [0.25, 0.3) is 11.7 Å². The van der Waals surface area contributed by atoms with E-state index in [9.17, 15) is 19.8 Å². The van der Waals surface area contributed by atoms with Gasteiger partial charge in [-0.25, -0.2) is 0 Å². The summed E-state index contributed by atoms with van der Waals surface area (Å²) in [7, 11) is 1.43. The number of likely N-dealkylation sites (N-methyl/N-ethyl adjacent to an activating group) is 1. The Kier molecular flexibility index (Phi) is 8.76. The van der Waals surface area contributed by atoms with Crippen molar-refractivity contribution in [1.82, 2.24) is 9.80 Å². The number of phenolic OH excluding ortho intramolecular Hbond substituents is 1. The molecule has 1 aliphatic rings. The van der Waals surface area contributed by atoms with Crippen LogP contribution in [0.25, 0.3) is 5.76 Å². The van der Waals surface area contributed by atoms with Crippen LogP contribution in [0.4, 0.5) is 0 Å². The maximum absolute atomic E-state index is 13.2. The van der Waals surface area contributed by atoms with Crippen LogP contribution in [0.3, 0.4) is 0 Å². The Hall–Kier alpha value is -3.52. The van der Waals surface area contributed by atoms with Gasteiger partial charge in [0.05, 0.1) is 25.3 Å². The number of phenols is 1. The van der Waals surface area contributed by atoms with Gasteiger partial charge in [-0.2, -0.15) is 0 Å². The molecule has 1 aliphatic heterocycles. The molecule has 0 aromatic heterocycles. The van der Waals surface area contributed by atoms with Crippen LogP contribution in [0.5, 0.6) is 17.2 Å². The molecule has 0 aliphatic carbocycles. The number of aliphatic hydroxyl groups is 1. The van der Waals surface area contributed by atoms with Crippen LogP contribution < -0.4 is 9.47 Å². The second-order valence-electron chi connectivity index (χ2n) is 8.33. The van der Waals surface area contributed by atoms with E-state index in [1.54, 1.807) is 36.4 Å². The van der Waals surface area contributed by atoms with Crippen molar-refractivity contribution in [3.8, 4) is 17.2 Å². The summed E-state index contributed by atoms with van der Waals surface area (Å²) in [5.74, 6) is -0.973. The summed E-state index contributed by atoms with van der Waals surface area (Å²) in [5.41, 5.74) is 0.935. The molecule has 1 amide bonds. The first-order valence-electron chi connectivity index (χ1n) is 12.0. The molecule has 2 aromatic carbocycles. The topological polar surface area (TPSA) is 99.5 Å². The van der Waals surface area contributed by atoms with Gasteiger partial charge in [-0.3, -0.25) is 9.59 Å². The minimum atomic E-state index is -0.833. The monoisotopic (exact) mass is 482 g/mol. The normalized spacial score (nSPS) is 17.3. The molecule has 0 bridgehead atoms. The van der Waals surface area contributed by atoms with E-state index in [1.165, 1.54) is 18.1 Å². The number of likely N-dealkylation sites (tertiary alicyclic amines) is 1. The quantitative estimate of drug-likeness (QED) is 0.284. The molecule has 8 heteroatoms. The van der Waals surface area contributed by atoms with Crippen LogP contribution in [0.2, 0.25) is 0 Å². The third kappa shape index (κ3) is 5.59. The minimum Gasteiger partial charge on any atom is -0.507 e. The first-order chi connectivity index (χ1) is 16.9. The second-order valence-corrected chi connectivity index (χ2v) is 8.33. The van der Waals surface area contributed by atoms with Gasteiger partial charge in [-0.05, 0) is 49.3 Å². The van der Waals surface area contributed by atoms with Crippen molar-refractivity contribution in [3.63, 3.8) is 0 Å². The van der Waals surface area contributed by atoms with Gasteiger partial charge in [0.1, 0.15) is 11.5 Å². The third-order valence-electron chi connectivity index (χ3n) is 6.19. The van der Waals surface area contributed by atoms with E-state index in [4.69, 9.17) is 9.47 Å². The second kappa shape index (κ2) is 11.8. The van der Waals surface area contributed by atoms with E-state index in [2.05, 4.69) is 4.90 Å². The molecule has 2 aromatic rings. The van der Waals surface area contributed by atoms with Gasteiger partial charge in [0.15, 0.2) is 11.5 Å². The molecule has 1 saturated heterocycles. The first-order valence-corrected chi connectivity index (χ1v) is 12.0. The third-order valence-corrected chi connectivity index (χ3v) is 6.19. The van der Waals surface area contributed by atoms with Gasteiger partial charge in [0, 0.05) is 18.7 Å². The Labute approximate surface area is 206 Å². The number of hydrogen-bond donors (Lipinski definition) is 2. The number of amides is 1. The molecule has 0 spiro atoms. The SMILES string of the molecule is CCCOc1cccc(/C(O)=C2\C(=O)C(=O)N(CCN(CC)CC)C2c2ccc(O)c(OC)c2)c1. The average Bonchev–Trinajstić information content (AvgIpc) is 3.13. The lowest BCUT2D eigenvalue weighted by molar-refractivity contribution is -0.140. The highest BCUT2D eigenvalue weighted by molar-refractivity contribution is 6.46. The highest BCUT2D eigenvalue weighted by atomic mass is 16.5. The summed E-state index contributed by atoms with van der Waals surface area (Å²) in [6.45, 7) is 9.08. The summed E-state index contributed by atoms with van der Waals surface area (Å²) in [6, 6.07) is 10.7. The molecule has 1 fully saturated rings. The van der Waals surface area contributed by atoms with E-state index in [0.29, 0.717) is 36.6 Å². The zero-order chi connectivity index (χ0) is 25.5. The van der Waals surface area contributed by atoms with Gasteiger partial charge < -0.3 is 29.5 Å². The smallest absolute Gasteiger partial charge is 0.295 e. The fourth-order valence-electron chi connectivity index (χ4n) is 4.22. The lowest BCUT2D eigenvalue weighted by Crippen LogP contribution is -2.38. The van der Waals surface area contributed by atoms with E-state index >= 15 is 0 Å². The molecule has 1 heterocycles. The van der Waals surface area contributed by atoms with Gasteiger partial charge in [-0.15, -0.1) is 0 Å². The fourth-order valence-corrected chi connectivity index (χ4v) is 4.22. The molecule has 1 atom stereocenters. The number of Topliss-reactive ketones (excluding diaryl/α,β-unsaturated/α-hetero) is 1. The molecule has 188 valence electrons. The summed E-state index contributed by atoms with van der Waals surface area (Å²) < 4.78 is 10.9. The van der Waals surface area contributed by atoms with Crippen molar-refractivity contribution in [2.24, 2.45) is 0 Å². The number of aromatic hydroxyl groups is 1. The summed E-state index contributed by atoms with van der Waals surface area (Å²) in [5, 5.41) is 21.4. The van der Waals surface area contributed by atoms with Crippen LogP contribution in [0, 0.1) is 0 Å². The molecule has 8 nitrogen and oxygen atoms in total. The summed E-state index contributed by atoms with van der Waals surface area (Å²) in [4.78, 5) is 30.0. The zero-order valence-electron chi connectivity index (χ0n) is 20.8. The minimum absolute atomic E-state index is 0.00469. The van der Waals surface area contributed by atoms with E-state index in [1.807, 2.05) is 20.8 Å². The van der Waals surface area contributed by atoms with E-state index in [-0.39, 0.29) is 22.8 Å². The Morgan fingerprint density at radius 2 is 1.83 bits per heavy atom. The van der Waals surface area contributed by atoms with Crippen molar-refractivity contribution < 1.29 is 29.3 Å². The molecule has 0 radical (unpaired) electrons. The number of ketones is 1. The molecule has 2 N–H and O–H groups in total. The van der Waals surface area contributed by atoms with Gasteiger partial charge in [0.2, 0.25) is 0 Å². The number of rotatable bonds is 11. The van der Waals surface area contributed by atoms with E-state index in [0.717, 1.165) is 19.5 Å². The Morgan fingerprint density at radius 1 is 1.09 bits per heavy atom. The molecular formula is C27H34N2O6. The van der Waals surface area contributed by atoms with Crippen molar-refractivity contribution in [3.05, 3.63) is 59.2 Å². The maximum Gasteiger partial charge on any atom is 0.295 e. The summed E-state index contributed by atoms with van der Waals surface area (Å²) >= 11 is 0. The molecular weight excluding hydrogens is 448 g/mol. The number of carbonyl (C=O) groups is 2. The predicted molar refractivity (Wildman–Crippen MR) is 134 cm³/mol. The van der Waals surface area contributed by atoms with Crippen molar-refractivity contribution >= 4 is 17.4 Å². The molecule has 3 rings (SSSR count). The standard InChI is InChI=1S/C27H34N2O6/c1-5-15-35-20-10-8-9-19(16-20)25(31)23-24(18-11-12-21(30)22(17-18)34-4)29(27(33)26(23)32)14-13-28(6-2)7-3/h8-12,16-17,24,30-31H,5-7,13-15H2,1-4H3/b25-23+. The number of nitrogens with zero attached hydrogens (tertiary/aromatic N) is 2. The van der Waals surface area contributed by atoms with Crippen LogP contribution >= 0.6 is 0 Å². The number of aliphatic hydroxyl groups excluding tert-OH is 1. The van der Waals surface area contributed by atoms with Crippen LogP contribution in [-0.2, 0) is 9.59 Å². The Balaban J connectivity index is 2.12. The average molecular weight is 483 g/mol. The zero-order valence-corrected chi connectivity index (χ0v) is 20.8. The van der Waals surface area contributed by atoms with E-state index < -0.39 is 17.7 Å². The number of benzene rings is 2. The first kappa shape index (κ1) is 26.1. The lowest BCUT2D eigenvalue weighted by Gasteiger charge is -2.28. The predicted octanol–water partition coefficient (Wildman–Crippen LogP) is 3.95. The maximum atomic E-state index is 13.2. The highest BCUT2D eigenvalue weighted by Gasteiger charge is 2.46. The molecule has 35 heavy (non-hydrogen) atoms. The van der Waals surface area contributed by atoms with Gasteiger partial charge in [-0.1, -0.05) is 39.0 Å². The van der Waals surface area contributed by atoms with Crippen molar-refractivity contribution in [1.29, 1.82) is 0 Å². The Bertz CT molecular complexity index is 1090. The largest absolute Gasteiger partial charge is 0.507 e. The van der Waals surface area contributed by atoms with Crippen LogP contribution in [-0.4, -0.2) is 71.6 Å². The van der Waals surface area contributed by atoms with Crippen molar-refractivity contribution in [2.75, 3.05) is 39.9 Å². The number of hydrogen-bond acceptors (Lipinski definition) is 7. The Morgan fingerprint density at radius 3 is 2.49 bits per heavy atom. The molecule has 0 saturated carbocycles.